The third-order valence-electron chi connectivity index (χ3n) is 9.89. The Morgan fingerprint density at radius 1 is 1.02 bits per heavy atom. The number of para-hydroxylation sites is 1. The van der Waals surface area contributed by atoms with Gasteiger partial charge in [-0.25, -0.2) is 10.0 Å². The van der Waals surface area contributed by atoms with Gasteiger partial charge in [0.2, 0.25) is 11.8 Å². The number of piperazine rings is 2. The number of aromatic amines is 1. The molecular formula is C37H42N8O5. The van der Waals surface area contributed by atoms with Crippen LogP contribution in [0, 0.1) is 0 Å². The Morgan fingerprint density at radius 3 is 2.48 bits per heavy atom. The highest BCUT2D eigenvalue weighted by molar-refractivity contribution is 5.99. The van der Waals surface area contributed by atoms with Crippen LogP contribution in [0.25, 0.3) is 22.0 Å². The Labute approximate surface area is 290 Å². The number of hydrogen-bond acceptors (Lipinski definition) is 9. The van der Waals surface area contributed by atoms with Crippen molar-refractivity contribution in [3.05, 3.63) is 102 Å². The normalized spacial score (nSPS) is 21.1. The number of hydroxylamine groups is 1. The average molecular weight is 679 g/mol. The van der Waals surface area contributed by atoms with Gasteiger partial charge in [-0.2, -0.15) is 0 Å². The molecule has 0 aliphatic carbocycles. The van der Waals surface area contributed by atoms with E-state index in [9.17, 15) is 24.7 Å². The number of carbonyl (C=O) groups is 3. The summed E-state index contributed by atoms with van der Waals surface area (Å²) in [6.45, 7) is 7.67. The second-order valence-corrected chi connectivity index (χ2v) is 13.2. The summed E-state index contributed by atoms with van der Waals surface area (Å²) in [5.41, 5.74) is 8.05. The van der Waals surface area contributed by atoms with Crippen molar-refractivity contribution in [2.75, 3.05) is 52.9 Å². The maximum atomic E-state index is 14.2. The van der Waals surface area contributed by atoms with E-state index in [1.54, 1.807) is 35.2 Å². The molecule has 3 saturated heterocycles. The highest BCUT2D eigenvalue weighted by Gasteiger charge is 2.49. The first kappa shape index (κ1) is 33.4. The summed E-state index contributed by atoms with van der Waals surface area (Å²) < 4.78 is 0. The summed E-state index contributed by atoms with van der Waals surface area (Å²) in [7, 11) is 2.07. The molecule has 50 heavy (non-hydrogen) atoms. The standard InChI is InChI=1S/C37H42N8O5/c1-3-15-43-24-34(47)44-32(20-25-7-13-29(46)14-8-25)37(49)41(23-33(44)45(43)50)22-28-5-4-6-30-31(21-38-35(28)30)26-9-11-27(12-10-26)36(48)39-42-18-16-40(2)17-19-42/h3-14,21,32-33,38,46,50H,1,15-20,22-24H2,2H3,(H,39,48)/t32-,33-/m0/s1. The van der Waals surface area contributed by atoms with Gasteiger partial charge in [-0.3, -0.25) is 25.0 Å². The molecule has 7 rings (SSSR count). The number of aromatic hydroxyl groups is 1. The van der Waals surface area contributed by atoms with Gasteiger partial charge in [-0.05, 0) is 48.0 Å². The molecule has 4 heterocycles. The lowest BCUT2D eigenvalue weighted by Gasteiger charge is -2.53. The van der Waals surface area contributed by atoms with Crippen LogP contribution in [0.15, 0.2) is 85.6 Å². The lowest BCUT2D eigenvalue weighted by molar-refractivity contribution is -0.316. The van der Waals surface area contributed by atoms with Gasteiger partial charge in [-0.15, -0.1) is 6.58 Å². The van der Waals surface area contributed by atoms with E-state index in [1.165, 1.54) is 9.91 Å². The van der Waals surface area contributed by atoms with E-state index in [-0.39, 0.29) is 56.1 Å². The number of H-pyrrole nitrogens is 1. The van der Waals surface area contributed by atoms with Gasteiger partial charge in [0.05, 0.1) is 18.6 Å². The van der Waals surface area contributed by atoms with Crippen LogP contribution in [0.4, 0.5) is 0 Å². The SMILES string of the molecule is C=CCN1CC(=O)N2[C@@H](Cc3ccc(O)cc3)C(=O)N(Cc3cccc4c(-c5ccc(C(=O)NN6CCN(C)CC6)cc5)c[nH]c34)C[C@@H]2N1O. The predicted molar refractivity (Wildman–Crippen MR) is 187 cm³/mol. The highest BCUT2D eigenvalue weighted by atomic mass is 16.6. The van der Waals surface area contributed by atoms with E-state index in [1.807, 2.05) is 53.7 Å². The average Bonchev–Trinajstić information content (AvgIpc) is 3.56. The van der Waals surface area contributed by atoms with Crippen molar-refractivity contribution < 1.29 is 24.7 Å². The van der Waals surface area contributed by atoms with Gasteiger partial charge < -0.3 is 24.8 Å². The Hall–Kier alpha value is -5.05. The van der Waals surface area contributed by atoms with Gasteiger partial charge in [0, 0.05) is 68.4 Å². The minimum atomic E-state index is -0.850. The first-order chi connectivity index (χ1) is 24.2. The van der Waals surface area contributed by atoms with Crippen LogP contribution < -0.4 is 5.43 Å². The van der Waals surface area contributed by atoms with Crippen LogP contribution in [0.5, 0.6) is 5.75 Å². The molecule has 3 aliphatic heterocycles. The number of carbonyl (C=O) groups excluding carboxylic acids is 3. The number of nitrogens with one attached hydrogen (secondary N) is 2. The van der Waals surface area contributed by atoms with E-state index in [0.717, 1.165) is 64.5 Å². The number of hydrazine groups is 2. The van der Waals surface area contributed by atoms with Crippen LogP contribution in [0.2, 0.25) is 0 Å². The molecule has 3 amide bonds. The molecular weight excluding hydrogens is 636 g/mol. The summed E-state index contributed by atoms with van der Waals surface area (Å²) >= 11 is 0. The zero-order chi connectivity index (χ0) is 34.9. The molecule has 0 bridgehead atoms. The third-order valence-corrected chi connectivity index (χ3v) is 9.89. The van der Waals surface area contributed by atoms with Crippen LogP contribution in [0.3, 0.4) is 0 Å². The zero-order valence-electron chi connectivity index (χ0n) is 28.0. The Kier molecular flexibility index (Phi) is 9.40. The molecule has 3 aliphatic rings. The number of nitrogens with zero attached hydrogens (tertiary/aromatic N) is 6. The molecule has 4 aromatic rings. The molecule has 0 radical (unpaired) electrons. The molecule has 3 fully saturated rings. The molecule has 4 N–H and O–H groups in total. The van der Waals surface area contributed by atoms with Crippen molar-refractivity contribution in [2.24, 2.45) is 0 Å². The molecule has 0 spiro atoms. The molecule has 2 atom stereocenters. The number of phenols is 1. The number of hydrogen-bond donors (Lipinski definition) is 4. The van der Waals surface area contributed by atoms with Crippen LogP contribution in [-0.2, 0) is 22.6 Å². The molecule has 260 valence electrons. The van der Waals surface area contributed by atoms with Crippen LogP contribution >= 0.6 is 0 Å². The van der Waals surface area contributed by atoms with Gasteiger partial charge in [0.25, 0.3) is 5.91 Å². The fourth-order valence-electron chi connectivity index (χ4n) is 7.14. The minimum absolute atomic E-state index is 0.0785. The van der Waals surface area contributed by atoms with Crippen LogP contribution in [0.1, 0.15) is 21.5 Å². The summed E-state index contributed by atoms with van der Waals surface area (Å²) in [6, 6.07) is 19.2. The smallest absolute Gasteiger partial charge is 0.265 e. The lowest BCUT2D eigenvalue weighted by atomic mass is 9.98. The molecule has 13 heteroatoms. The molecule has 0 saturated carbocycles. The van der Waals surface area contributed by atoms with Crippen molar-refractivity contribution in [3.63, 3.8) is 0 Å². The monoisotopic (exact) mass is 678 g/mol. The minimum Gasteiger partial charge on any atom is -0.508 e. The number of benzene rings is 3. The molecule has 3 aromatic carbocycles. The Bertz CT molecular complexity index is 1890. The van der Waals surface area contributed by atoms with Crippen molar-refractivity contribution in [1.29, 1.82) is 0 Å². The van der Waals surface area contributed by atoms with E-state index in [2.05, 4.69) is 28.9 Å². The fourth-order valence-corrected chi connectivity index (χ4v) is 7.14. The Balaban J connectivity index is 1.13. The second-order valence-electron chi connectivity index (χ2n) is 13.2. The Morgan fingerprint density at radius 2 is 1.76 bits per heavy atom. The third kappa shape index (κ3) is 6.61. The van der Waals surface area contributed by atoms with E-state index >= 15 is 0 Å². The summed E-state index contributed by atoms with van der Waals surface area (Å²) in [5.74, 6) is -0.496. The van der Waals surface area contributed by atoms with E-state index in [0.29, 0.717) is 5.56 Å². The van der Waals surface area contributed by atoms with Crippen molar-refractivity contribution in [1.82, 2.24) is 40.3 Å². The van der Waals surface area contributed by atoms with Gasteiger partial charge in [0.1, 0.15) is 18.0 Å². The lowest BCUT2D eigenvalue weighted by Crippen LogP contribution is -2.74. The quantitative estimate of drug-likeness (QED) is 0.197. The van der Waals surface area contributed by atoms with Crippen LogP contribution in [-0.4, -0.2) is 128 Å². The maximum absolute atomic E-state index is 14.2. The number of aromatic nitrogens is 1. The summed E-state index contributed by atoms with van der Waals surface area (Å²) in [5, 5.41) is 26.6. The van der Waals surface area contributed by atoms with E-state index in [4.69, 9.17) is 0 Å². The maximum Gasteiger partial charge on any atom is 0.265 e. The van der Waals surface area contributed by atoms with Gasteiger partial charge >= 0.3 is 0 Å². The zero-order valence-corrected chi connectivity index (χ0v) is 28.0. The molecule has 13 nitrogen and oxygen atoms in total. The topological polar surface area (TPSA) is 139 Å². The summed E-state index contributed by atoms with van der Waals surface area (Å²) in [6.07, 6.45) is 2.99. The number of phenolic OH excluding ortho intramolecular Hbond substituents is 1. The number of likely N-dealkylation sites (N-methyl/N-ethyl adjacent to an activating group) is 1. The molecule has 1 aromatic heterocycles. The van der Waals surface area contributed by atoms with Crippen molar-refractivity contribution in [2.45, 2.75) is 25.2 Å². The van der Waals surface area contributed by atoms with Gasteiger partial charge in [-0.1, -0.05) is 53.7 Å². The number of rotatable bonds is 9. The van der Waals surface area contributed by atoms with Gasteiger partial charge in [0.15, 0.2) is 0 Å². The first-order valence-corrected chi connectivity index (χ1v) is 16.9. The highest BCUT2D eigenvalue weighted by Crippen LogP contribution is 2.33. The predicted octanol–water partition coefficient (Wildman–Crippen LogP) is 2.65. The second kappa shape index (κ2) is 14.1. The number of amides is 3. The van der Waals surface area contributed by atoms with E-state index < -0.39 is 12.2 Å². The fraction of sp³-hybridized carbons (Fsp3) is 0.324. The van der Waals surface area contributed by atoms with Crippen molar-refractivity contribution >= 4 is 28.6 Å². The molecule has 0 unspecified atom stereocenters. The summed E-state index contributed by atoms with van der Waals surface area (Å²) in [4.78, 5) is 49.4. The first-order valence-electron chi connectivity index (χ1n) is 16.9. The number of fused-ring (bicyclic) bond motifs is 2. The largest absolute Gasteiger partial charge is 0.508 e. The van der Waals surface area contributed by atoms with Crippen molar-refractivity contribution in [3.8, 4) is 16.9 Å².